The SMILES string of the molecule is CNC(=O)c1c(-c2ccc(C)cc2)oc2cc(N(C)S(C)(=O)=O)c(-c3ccc4nc(CN)n5c6cccc(F)c6cc5c4n3)cc12. The van der Waals surface area contributed by atoms with Crippen LogP contribution in [0, 0.1) is 12.7 Å². The molecule has 12 heteroatoms. The van der Waals surface area contributed by atoms with E-state index in [2.05, 4.69) is 5.32 Å². The van der Waals surface area contributed by atoms with E-state index in [4.69, 9.17) is 20.1 Å². The van der Waals surface area contributed by atoms with Crippen LogP contribution >= 0.6 is 0 Å². The van der Waals surface area contributed by atoms with Crippen molar-refractivity contribution >= 4 is 60.0 Å². The summed E-state index contributed by atoms with van der Waals surface area (Å²) in [5.41, 5.74) is 11.8. The highest BCUT2D eigenvalue weighted by atomic mass is 32.2. The Labute approximate surface area is 263 Å². The van der Waals surface area contributed by atoms with Gasteiger partial charge in [0.25, 0.3) is 5.91 Å². The van der Waals surface area contributed by atoms with E-state index in [1.165, 1.54) is 20.2 Å². The van der Waals surface area contributed by atoms with E-state index in [0.717, 1.165) is 16.1 Å². The summed E-state index contributed by atoms with van der Waals surface area (Å²) in [5.74, 6) is 0.141. The number of nitrogens with zero attached hydrogens (tertiary/aromatic N) is 4. The van der Waals surface area contributed by atoms with E-state index in [0.29, 0.717) is 78.1 Å². The van der Waals surface area contributed by atoms with Gasteiger partial charge in [0.2, 0.25) is 10.0 Å². The van der Waals surface area contributed by atoms with Gasteiger partial charge in [-0.1, -0.05) is 35.9 Å². The van der Waals surface area contributed by atoms with Crippen molar-refractivity contribution in [3.63, 3.8) is 0 Å². The van der Waals surface area contributed by atoms with Crippen LogP contribution in [0.15, 0.2) is 77.2 Å². The van der Waals surface area contributed by atoms with Crippen LogP contribution in [0.2, 0.25) is 0 Å². The largest absolute Gasteiger partial charge is 0.455 e. The first-order valence-corrected chi connectivity index (χ1v) is 16.3. The standard InChI is InChI=1S/C34H29FN6O4S/c1-18-8-10-19(11-9-18)33-31(34(42)37-2)22-14-21(27(16-29(22)45-33)40(3)46(4,43)44)24-12-13-25-32(39-24)28-15-20-23(35)6-5-7-26(20)41(28)30(17-36)38-25/h5-16H,17,36H2,1-4H3,(H,37,42). The number of aromatic nitrogens is 3. The number of amides is 1. The molecule has 4 heterocycles. The van der Waals surface area contributed by atoms with Crippen LogP contribution in [0.3, 0.4) is 0 Å². The Kier molecular flexibility index (Phi) is 6.80. The number of pyridine rings is 1. The van der Waals surface area contributed by atoms with Crippen molar-refractivity contribution in [2.75, 3.05) is 24.7 Å². The van der Waals surface area contributed by atoms with Crippen LogP contribution in [0.5, 0.6) is 0 Å². The van der Waals surface area contributed by atoms with E-state index in [1.807, 2.05) is 31.2 Å². The number of sulfonamides is 1. The van der Waals surface area contributed by atoms with Gasteiger partial charge < -0.3 is 15.5 Å². The molecule has 0 bridgehead atoms. The molecule has 232 valence electrons. The third-order valence-corrected chi connectivity index (χ3v) is 9.48. The number of aryl methyl sites for hydroxylation is 1. The summed E-state index contributed by atoms with van der Waals surface area (Å²) in [5, 5.41) is 3.58. The number of nitrogens with one attached hydrogen (secondary N) is 1. The van der Waals surface area contributed by atoms with E-state index < -0.39 is 10.0 Å². The second-order valence-corrected chi connectivity index (χ2v) is 13.2. The smallest absolute Gasteiger partial charge is 0.255 e. The minimum absolute atomic E-state index is 0.112. The van der Waals surface area contributed by atoms with Gasteiger partial charge in [-0.3, -0.25) is 13.5 Å². The highest BCUT2D eigenvalue weighted by Gasteiger charge is 2.27. The molecule has 0 saturated heterocycles. The van der Waals surface area contributed by atoms with Gasteiger partial charge in [0.1, 0.15) is 28.5 Å². The summed E-state index contributed by atoms with van der Waals surface area (Å²) >= 11 is 0. The number of rotatable bonds is 6. The third kappa shape index (κ3) is 4.56. The molecule has 0 atom stereocenters. The number of hydrogen-bond donors (Lipinski definition) is 2. The molecule has 3 aromatic carbocycles. The zero-order valence-corrected chi connectivity index (χ0v) is 26.2. The molecule has 10 nitrogen and oxygen atoms in total. The second-order valence-electron chi connectivity index (χ2n) is 11.2. The summed E-state index contributed by atoms with van der Waals surface area (Å²) in [6.45, 7) is 2.08. The number of nitrogens with two attached hydrogens (primary N) is 1. The summed E-state index contributed by atoms with van der Waals surface area (Å²) < 4.78 is 49.8. The maximum atomic E-state index is 14.9. The van der Waals surface area contributed by atoms with Gasteiger partial charge in [0.15, 0.2) is 0 Å². The molecular weight excluding hydrogens is 607 g/mol. The molecule has 46 heavy (non-hydrogen) atoms. The van der Waals surface area contributed by atoms with Gasteiger partial charge in [-0.25, -0.2) is 22.8 Å². The maximum Gasteiger partial charge on any atom is 0.255 e. The number of furan rings is 1. The van der Waals surface area contributed by atoms with Crippen LogP contribution in [-0.4, -0.2) is 49.0 Å². The summed E-state index contributed by atoms with van der Waals surface area (Å²) in [4.78, 5) is 23.0. The average molecular weight is 637 g/mol. The van der Waals surface area contributed by atoms with Gasteiger partial charge in [-0.2, -0.15) is 0 Å². The van der Waals surface area contributed by atoms with Gasteiger partial charge in [0.05, 0.1) is 46.3 Å². The Morgan fingerprint density at radius 2 is 1.78 bits per heavy atom. The van der Waals surface area contributed by atoms with E-state index in [9.17, 15) is 17.6 Å². The van der Waals surface area contributed by atoms with Gasteiger partial charge >= 0.3 is 0 Å². The van der Waals surface area contributed by atoms with E-state index >= 15 is 0 Å². The maximum absolute atomic E-state index is 14.9. The average Bonchev–Trinajstić information content (AvgIpc) is 3.63. The van der Waals surface area contributed by atoms with Crippen molar-refractivity contribution in [2.45, 2.75) is 13.5 Å². The number of halogens is 1. The predicted molar refractivity (Wildman–Crippen MR) is 178 cm³/mol. The van der Waals surface area contributed by atoms with Crippen molar-refractivity contribution < 1.29 is 22.0 Å². The van der Waals surface area contributed by atoms with Crippen molar-refractivity contribution in [3.05, 3.63) is 95.6 Å². The lowest BCUT2D eigenvalue weighted by molar-refractivity contribution is 0.0964. The Bertz CT molecular complexity index is 2490. The molecule has 7 aromatic rings. The first-order chi connectivity index (χ1) is 22.0. The highest BCUT2D eigenvalue weighted by molar-refractivity contribution is 7.92. The third-order valence-electron chi connectivity index (χ3n) is 8.29. The van der Waals surface area contributed by atoms with Gasteiger partial charge in [0, 0.05) is 42.1 Å². The molecule has 0 fully saturated rings. The Morgan fingerprint density at radius 3 is 2.48 bits per heavy atom. The molecule has 0 aliphatic rings. The Balaban J connectivity index is 1.56. The van der Waals surface area contributed by atoms with Crippen LogP contribution in [-0.2, 0) is 16.6 Å². The highest BCUT2D eigenvalue weighted by Crippen LogP contribution is 2.41. The molecule has 3 N–H and O–H groups in total. The quantitative estimate of drug-likeness (QED) is 0.236. The number of carbonyl (C=O) groups is 1. The van der Waals surface area contributed by atoms with Crippen molar-refractivity contribution in [2.24, 2.45) is 5.73 Å². The molecule has 0 saturated carbocycles. The van der Waals surface area contributed by atoms with E-state index in [1.54, 1.807) is 46.9 Å². The predicted octanol–water partition coefficient (Wildman–Crippen LogP) is 5.78. The fourth-order valence-electron chi connectivity index (χ4n) is 5.89. The monoisotopic (exact) mass is 636 g/mol. The summed E-state index contributed by atoms with van der Waals surface area (Å²) in [6.07, 6.45) is 1.10. The van der Waals surface area contributed by atoms with Crippen molar-refractivity contribution in [1.82, 2.24) is 19.7 Å². The lowest BCUT2D eigenvalue weighted by atomic mass is 10.00. The zero-order chi connectivity index (χ0) is 32.5. The molecule has 0 spiro atoms. The lowest BCUT2D eigenvalue weighted by Gasteiger charge is -2.20. The zero-order valence-electron chi connectivity index (χ0n) is 25.4. The van der Waals surface area contributed by atoms with E-state index in [-0.39, 0.29) is 18.3 Å². The first-order valence-electron chi connectivity index (χ1n) is 14.4. The van der Waals surface area contributed by atoms with Crippen molar-refractivity contribution in [3.8, 4) is 22.6 Å². The number of fused-ring (bicyclic) bond motifs is 6. The fraction of sp³-hybridized carbons (Fsp3) is 0.147. The Hall–Kier alpha value is -5.33. The Morgan fingerprint density at radius 1 is 1.02 bits per heavy atom. The normalized spacial score (nSPS) is 12.0. The molecule has 0 aliphatic carbocycles. The fourth-order valence-corrected chi connectivity index (χ4v) is 6.40. The topological polar surface area (TPSA) is 136 Å². The van der Waals surface area contributed by atoms with Crippen LogP contribution < -0.4 is 15.4 Å². The molecule has 4 aromatic heterocycles. The molecule has 0 aliphatic heterocycles. The first kappa shape index (κ1) is 29.4. The van der Waals surface area contributed by atoms with Gasteiger partial charge in [-0.15, -0.1) is 0 Å². The minimum atomic E-state index is -3.73. The lowest BCUT2D eigenvalue weighted by Crippen LogP contribution is -2.25. The molecule has 7 rings (SSSR count). The van der Waals surface area contributed by atoms with Crippen LogP contribution in [0.25, 0.3) is 61.0 Å². The second kappa shape index (κ2) is 10.6. The van der Waals surface area contributed by atoms with Gasteiger partial charge in [-0.05, 0) is 43.3 Å². The molecule has 1 amide bonds. The molecule has 0 unspecified atom stereocenters. The number of anilines is 1. The summed E-state index contributed by atoms with van der Waals surface area (Å²) in [7, 11) is -0.750. The minimum Gasteiger partial charge on any atom is -0.455 e. The molecule has 0 radical (unpaired) electrons. The molecular formula is C34H29FN6O4S. The van der Waals surface area contributed by atoms with Crippen LogP contribution in [0.1, 0.15) is 21.7 Å². The summed E-state index contributed by atoms with van der Waals surface area (Å²) in [6, 6.07) is 20.9. The number of benzene rings is 3. The van der Waals surface area contributed by atoms with Crippen molar-refractivity contribution in [1.29, 1.82) is 0 Å². The van der Waals surface area contributed by atoms with Crippen LogP contribution in [0.4, 0.5) is 10.1 Å². The number of hydrogen-bond acceptors (Lipinski definition) is 7. The number of carbonyl (C=O) groups excluding carboxylic acids is 1.